The molecule has 6 heteroatoms. The number of para-hydroxylation sites is 1. The number of nitrogens with one attached hydrogen (secondary N) is 1. The van der Waals surface area contributed by atoms with Gasteiger partial charge in [-0.15, -0.1) is 11.3 Å². The van der Waals surface area contributed by atoms with Crippen molar-refractivity contribution in [2.45, 2.75) is 19.3 Å². The summed E-state index contributed by atoms with van der Waals surface area (Å²) in [5.41, 5.74) is 1.65. The van der Waals surface area contributed by atoms with Gasteiger partial charge in [-0.3, -0.25) is 4.79 Å². The maximum Gasteiger partial charge on any atom is 0.226 e. The topological polar surface area (TPSA) is 68.0 Å². The molecule has 0 aliphatic heterocycles. The van der Waals surface area contributed by atoms with Crippen molar-refractivity contribution in [1.29, 1.82) is 0 Å². The van der Waals surface area contributed by atoms with Crippen molar-refractivity contribution in [2.24, 2.45) is 0 Å². The van der Waals surface area contributed by atoms with E-state index >= 15 is 0 Å². The molecule has 108 valence electrons. The van der Waals surface area contributed by atoms with Crippen molar-refractivity contribution in [3.8, 4) is 0 Å². The molecule has 2 aromatic heterocycles. The molecule has 1 atom stereocenters. The van der Waals surface area contributed by atoms with Gasteiger partial charge in [-0.1, -0.05) is 24.2 Å². The van der Waals surface area contributed by atoms with E-state index < -0.39 is 0 Å². The Labute approximate surface area is 126 Å². The van der Waals surface area contributed by atoms with Crippen LogP contribution in [0.15, 0.2) is 41.1 Å². The van der Waals surface area contributed by atoms with Crippen LogP contribution < -0.4 is 5.32 Å². The minimum absolute atomic E-state index is 0.0585. The Hall–Kier alpha value is -2.21. The summed E-state index contributed by atoms with van der Waals surface area (Å²) in [6.07, 6.45) is 1.70. The summed E-state index contributed by atoms with van der Waals surface area (Å²) in [4.78, 5) is 16.4. The van der Waals surface area contributed by atoms with Crippen molar-refractivity contribution in [3.05, 3.63) is 47.3 Å². The number of rotatable bonds is 5. The first-order valence-corrected chi connectivity index (χ1v) is 7.55. The summed E-state index contributed by atoms with van der Waals surface area (Å²) >= 11 is 1.67. The zero-order chi connectivity index (χ0) is 14.7. The predicted molar refractivity (Wildman–Crippen MR) is 81.3 cm³/mol. The van der Waals surface area contributed by atoms with E-state index in [0.717, 1.165) is 10.5 Å². The van der Waals surface area contributed by atoms with Gasteiger partial charge in [-0.2, -0.15) is 0 Å². The number of benzene rings is 1. The lowest BCUT2D eigenvalue weighted by atomic mass is 10.2. The molecule has 0 bridgehead atoms. The van der Waals surface area contributed by atoms with E-state index in [0.29, 0.717) is 12.2 Å². The fourth-order valence-electron chi connectivity index (χ4n) is 2.01. The highest BCUT2D eigenvalue weighted by Gasteiger charge is 2.13. The lowest BCUT2D eigenvalue weighted by molar-refractivity contribution is -0.120. The molecule has 1 aromatic carbocycles. The van der Waals surface area contributed by atoms with Crippen LogP contribution in [0.4, 0.5) is 0 Å². The molecular formula is C15H15N3O2S. The van der Waals surface area contributed by atoms with Crippen LogP contribution in [0.1, 0.15) is 23.5 Å². The smallest absolute Gasteiger partial charge is 0.226 e. The summed E-state index contributed by atoms with van der Waals surface area (Å²) in [5, 5.41) is 7.67. The SMILES string of the molecule is C[C@H](CNC(=O)Cc1ccon1)c1nc2ccccc2s1. The van der Waals surface area contributed by atoms with E-state index in [1.807, 2.05) is 18.2 Å². The van der Waals surface area contributed by atoms with Gasteiger partial charge in [-0.05, 0) is 12.1 Å². The summed E-state index contributed by atoms with van der Waals surface area (Å²) in [6.45, 7) is 2.63. The van der Waals surface area contributed by atoms with Crippen molar-refractivity contribution < 1.29 is 9.32 Å². The molecule has 3 rings (SSSR count). The highest BCUT2D eigenvalue weighted by Crippen LogP contribution is 2.26. The molecule has 0 radical (unpaired) electrons. The van der Waals surface area contributed by atoms with E-state index in [4.69, 9.17) is 4.52 Å². The molecule has 5 nitrogen and oxygen atoms in total. The van der Waals surface area contributed by atoms with Crippen molar-refractivity contribution in [3.63, 3.8) is 0 Å². The second-order valence-corrected chi connectivity index (χ2v) is 5.95. The molecular weight excluding hydrogens is 286 g/mol. The normalized spacial score (nSPS) is 12.4. The molecule has 3 aromatic rings. The Bertz CT molecular complexity index is 703. The summed E-state index contributed by atoms with van der Waals surface area (Å²) in [7, 11) is 0. The van der Waals surface area contributed by atoms with Gasteiger partial charge in [0.15, 0.2) is 0 Å². The lowest BCUT2D eigenvalue weighted by Gasteiger charge is -2.09. The van der Waals surface area contributed by atoms with E-state index in [9.17, 15) is 4.79 Å². The van der Waals surface area contributed by atoms with Crippen LogP contribution in [0.2, 0.25) is 0 Å². The Kier molecular flexibility index (Phi) is 3.96. The zero-order valence-corrected chi connectivity index (χ0v) is 12.4. The van der Waals surface area contributed by atoms with Gasteiger partial charge >= 0.3 is 0 Å². The molecule has 0 aliphatic rings. The Morgan fingerprint density at radius 3 is 3.00 bits per heavy atom. The van der Waals surface area contributed by atoms with E-state index in [1.165, 1.54) is 11.0 Å². The largest absolute Gasteiger partial charge is 0.364 e. The van der Waals surface area contributed by atoms with Crippen LogP contribution in [-0.4, -0.2) is 22.6 Å². The molecule has 0 aliphatic carbocycles. The van der Waals surface area contributed by atoms with Crippen LogP contribution in [0, 0.1) is 0 Å². The third-order valence-electron chi connectivity index (χ3n) is 3.17. The van der Waals surface area contributed by atoms with Gasteiger partial charge in [0.25, 0.3) is 0 Å². The Morgan fingerprint density at radius 2 is 2.24 bits per heavy atom. The van der Waals surface area contributed by atoms with Gasteiger partial charge in [0, 0.05) is 18.5 Å². The van der Waals surface area contributed by atoms with Gasteiger partial charge < -0.3 is 9.84 Å². The molecule has 21 heavy (non-hydrogen) atoms. The molecule has 1 amide bonds. The van der Waals surface area contributed by atoms with Gasteiger partial charge in [0.1, 0.15) is 6.26 Å². The monoisotopic (exact) mass is 301 g/mol. The number of hydrogen-bond donors (Lipinski definition) is 1. The van der Waals surface area contributed by atoms with Crippen LogP contribution in [-0.2, 0) is 11.2 Å². The van der Waals surface area contributed by atoms with Crippen molar-refractivity contribution >= 4 is 27.5 Å². The van der Waals surface area contributed by atoms with Crippen LogP contribution in [0.25, 0.3) is 10.2 Å². The fraction of sp³-hybridized carbons (Fsp3) is 0.267. The van der Waals surface area contributed by atoms with Crippen molar-refractivity contribution in [2.75, 3.05) is 6.54 Å². The zero-order valence-electron chi connectivity index (χ0n) is 11.6. The highest BCUT2D eigenvalue weighted by molar-refractivity contribution is 7.18. The maximum atomic E-state index is 11.8. The molecule has 0 unspecified atom stereocenters. The molecule has 0 fully saturated rings. The molecule has 0 saturated carbocycles. The number of nitrogens with zero attached hydrogens (tertiary/aromatic N) is 2. The number of amides is 1. The number of hydrogen-bond acceptors (Lipinski definition) is 5. The Morgan fingerprint density at radius 1 is 1.38 bits per heavy atom. The third kappa shape index (κ3) is 3.28. The molecule has 1 N–H and O–H groups in total. The van der Waals surface area contributed by atoms with Crippen LogP contribution >= 0.6 is 11.3 Å². The predicted octanol–water partition coefficient (Wildman–Crippen LogP) is 2.75. The highest BCUT2D eigenvalue weighted by atomic mass is 32.1. The first-order valence-electron chi connectivity index (χ1n) is 6.74. The first-order chi connectivity index (χ1) is 10.2. The average molecular weight is 301 g/mol. The maximum absolute atomic E-state index is 11.8. The quantitative estimate of drug-likeness (QED) is 0.787. The molecule has 2 heterocycles. The molecule has 0 saturated heterocycles. The number of aromatic nitrogens is 2. The summed E-state index contributed by atoms with van der Waals surface area (Å²) < 4.78 is 5.88. The van der Waals surface area contributed by atoms with Crippen LogP contribution in [0.3, 0.4) is 0 Å². The minimum Gasteiger partial charge on any atom is -0.364 e. The number of carbonyl (C=O) groups excluding carboxylic acids is 1. The van der Waals surface area contributed by atoms with Gasteiger partial charge in [0.2, 0.25) is 5.91 Å². The fourth-order valence-corrected chi connectivity index (χ4v) is 3.03. The number of fused-ring (bicyclic) bond motifs is 1. The van der Waals surface area contributed by atoms with Crippen LogP contribution in [0.5, 0.6) is 0 Å². The second-order valence-electron chi connectivity index (χ2n) is 4.89. The Balaban J connectivity index is 1.58. The van der Waals surface area contributed by atoms with Crippen molar-refractivity contribution in [1.82, 2.24) is 15.5 Å². The summed E-state index contributed by atoms with van der Waals surface area (Å²) in [6, 6.07) is 9.75. The standard InChI is InChI=1S/C15H15N3O2S/c1-10(9-16-14(19)8-11-6-7-20-18-11)15-17-12-4-2-3-5-13(12)21-15/h2-7,10H,8-9H2,1H3,(H,16,19)/t10-/m1/s1. The first kappa shape index (κ1) is 13.8. The average Bonchev–Trinajstić information content (AvgIpc) is 3.13. The van der Waals surface area contributed by atoms with E-state index in [2.05, 4.69) is 28.4 Å². The summed E-state index contributed by atoms with van der Waals surface area (Å²) in [5.74, 6) is 0.125. The number of carbonyl (C=O) groups is 1. The molecule has 0 spiro atoms. The van der Waals surface area contributed by atoms with Gasteiger partial charge in [-0.25, -0.2) is 4.98 Å². The second kappa shape index (κ2) is 6.05. The lowest BCUT2D eigenvalue weighted by Crippen LogP contribution is -2.28. The van der Waals surface area contributed by atoms with E-state index in [-0.39, 0.29) is 18.2 Å². The third-order valence-corrected chi connectivity index (χ3v) is 4.44. The number of thiazole rings is 1. The van der Waals surface area contributed by atoms with Gasteiger partial charge in [0.05, 0.1) is 27.3 Å². The minimum atomic E-state index is -0.0585. The van der Waals surface area contributed by atoms with E-state index in [1.54, 1.807) is 17.4 Å².